The lowest BCUT2D eigenvalue weighted by Gasteiger charge is -2.55. The normalized spacial score (nSPS) is 50.4. The molecule has 0 radical (unpaired) electrons. The summed E-state index contributed by atoms with van der Waals surface area (Å²) in [7, 11) is 0. The first-order valence-electron chi connectivity index (χ1n) is 10.9. The first kappa shape index (κ1) is 18.0. The van der Waals surface area contributed by atoms with E-state index < -0.39 is 5.60 Å². The van der Waals surface area contributed by atoms with Crippen LogP contribution in [0.15, 0.2) is 11.6 Å². The third kappa shape index (κ3) is 2.74. The van der Waals surface area contributed by atoms with Crippen LogP contribution >= 0.6 is 0 Å². The fraction of sp³-hybridized carbons (Fsp3) is 0.913. The van der Waals surface area contributed by atoms with Gasteiger partial charge in [0, 0.05) is 6.61 Å². The Morgan fingerprint density at radius 1 is 1.16 bits per heavy atom. The van der Waals surface area contributed by atoms with Crippen LogP contribution in [-0.4, -0.2) is 22.4 Å². The zero-order chi connectivity index (χ0) is 17.8. The lowest BCUT2D eigenvalue weighted by molar-refractivity contribution is -0.0484. The fourth-order valence-corrected chi connectivity index (χ4v) is 7.77. The van der Waals surface area contributed by atoms with E-state index in [0.717, 1.165) is 42.9 Å². The Morgan fingerprint density at radius 3 is 2.68 bits per heavy atom. The second-order valence-corrected chi connectivity index (χ2v) is 10.2. The summed E-state index contributed by atoms with van der Waals surface area (Å²) in [6.45, 7) is 7.30. The number of allylic oxidation sites excluding steroid dienone is 1. The van der Waals surface area contributed by atoms with Gasteiger partial charge in [-0.3, -0.25) is 0 Å². The second kappa shape index (κ2) is 6.37. The molecule has 2 nitrogen and oxygen atoms in total. The monoisotopic (exact) mass is 346 g/mol. The summed E-state index contributed by atoms with van der Waals surface area (Å²) < 4.78 is 0. The molecule has 4 aliphatic rings. The van der Waals surface area contributed by atoms with E-state index in [1.165, 1.54) is 38.5 Å². The molecule has 0 aliphatic heterocycles. The molecule has 8 atom stereocenters. The molecule has 3 saturated carbocycles. The minimum atomic E-state index is -0.423. The molecule has 0 saturated heterocycles. The predicted octanol–water partition coefficient (Wildman–Crippen LogP) is 4.94. The van der Waals surface area contributed by atoms with E-state index in [2.05, 4.69) is 26.8 Å². The van der Waals surface area contributed by atoms with Gasteiger partial charge in [-0.1, -0.05) is 32.4 Å². The van der Waals surface area contributed by atoms with Crippen molar-refractivity contribution in [3.8, 4) is 0 Å². The van der Waals surface area contributed by atoms with Crippen LogP contribution in [0.1, 0.15) is 78.6 Å². The van der Waals surface area contributed by atoms with Crippen molar-refractivity contribution in [2.75, 3.05) is 6.61 Å². The van der Waals surface area contributed by atoms with Crippen LogP contribution in [0.25, 0.3) is 0 Å². The summed E-state index contributed by atoms with van der Waals surface area (Å²) in [5.74, 6) is 4.50. The zero-order valence-corrected chi connectivity index (χ0v) is 16.5. The standard InChI is InChI=1S/C23H38O2/c1-4-23(25)12-10-17-16(13-23)5-6-19-18(17)9-11-22(3)20(15(2)14-24)7-8-21(19)22/h5,15,17-21,24-25H,4,6-14H2,1-3H3/t15-,17+,18-,19-,20-,21+,22-,23+/m1/s1. The number of hydrogen-bond acceptors (Lipinski definition) is 2. The predicted molar refractivity (Wildman–Crippen MR) is 102 cm³/mol. The van der Waals surface area contributed by atoms with Crippen molar-refractivity contribution in [2.24, 2.45) is 40.9 Å². The van der Waals surface area contributed by atoms with Crippen LogP contribution < -0.4 is 0 Å². The molecule has 0 unspecified atom stereocenters. The number of rotatable bonds is 3. The molecule has 4 aliphatic carbocycles. The van der Waals surface area contributed by atoms with Gasteiger partial charge in [-0.05, 0) is 98.7 Å². The van der Waals surface area contributed by atoms with Gasteiger partial charge in [0.15, 0.2) is 0 Å². The SMILES string of the molecule is CC[C@]1(O)CC[C@H]2C(=CC[C@@H]3[C@@H]2CC[C@]2(C)[C@@H]([C@H](C)CO)CC[C@@H]32)C1. The van der Waals surface area contributed by atoms with Crippen molar-refractivity contribution in [1.29, 1.82) is 0 Å². The minimum absolute atomic E-state index is 0.351. The summed E-state index contributed by atoms with van der Waals surface area (Å²) >= 11 is 0. The van der Waals surface area contributed by atoms with Crippen molar-refractivity contribution in [1.82, 2.24) is 0 Å². The molecule has 0 bridgehead atoms. The van der Waals surface area contributed by atoms with E-state index in [-0.39, 0.29) is 0 Å². The molecule has 0 aromatic carbocycles. The molecule has 0 aromatic rings. The maximum absolute atomic E-state index is 10.8. The van der Waals surface area contributed by atoms with Gasteiger partial charge in [-0.15, -0.1) is 0 Å². The van der Waals surface area contributed by atoms with E-state index in [1.54, 1.807) is 5.57 Å². The minimum Gasteiger partial charge on any atom is -0.396 e. The highest BCUT2D eigenvalue weighted by Gasteiger charge is 2.57. The highest BCUT2D eigenvalue weighted by atomic mass is 16.3. The number of aliphatic hydroxyl groups excluding tert-OH is 1. The summed E-state index contributed by atoms with van der Waals surface area (Å²) in [5.41, 5.74) is 1.62. The van der Waals surface area contributed by atoms with Gasteiger partial charge in [0.25, 0.3) is 0 Å². The van der Waals surface area contributed by atoms with Crippen molar-refractivity contribution in [2.45, 2.75) is 84.2 Å². The lowest BCUT2D eigenvalue weighted by Crippen LogP contribution is -2.48. The summed E-state index contributed by atoms with van der Waals surface area (Å²) in [6.07, 6.45) is 13.3. The Morgan fingerprint density at radius 2 is 1.96 bits per heavy atom. The highest BCUT2D eigenvalue weighted by molar-refractivity contribution is 5.22. The molecule has 0 heterocycles. The van der Waals surface area contributed by atoms with Gasteiger partial charge >= 0.3 is 0 Å². The highest BCUT2D eigenvalue weighted by Crippen LogP contribution is 2.64. The van der Waals surface area contributed by atoms with Gasteiger partial charge in [-0.2, -0.15) is 0 Å². The molecule has 0 spiro atoms. The van der Waals surface area contributed by atoms with Gasteiger partial charge < -0.3 is 10.2 Å². The van der Waals surface area contributed by atoms with Crippen molar-refractivity contribution in [3.05, 3.63) is 11.6 Å². The molecule has 0 aromatic heterocycles. The van der Waals surface area contributed by atoms with Crippen molar-refractivity contribution < 1.29 is 10.2 Å². The number of hydrogen-bond donors (Lipinski definition) is 2. The number of aliphatic hydroxyl groups is 2. The average Bonchev–Trinajstić information content (AvgIpc) is 2.98. The van der Waals surface area contributed by atoms with E-state index in [1.807, 2.05) is 0 Å². The third-order valence-corrected chi connectivity index (χ3v) is 9.30. The Kier molecular flexibility index (Phi) is 4.60. The maximum Gasteiger partial charge on any atom is 0.0682 e. The first-order chi connectivity index (χ1) is 11.9. The molecule has 142 valence electrons. The Balaban J connectivity index is 1.56. The summed E-state index contributed by atoms with van der Waals surface area (Å²) in [6, 6.07) is 0. The molecule has 25 heavy (non-hydrogen) atoms. The van der Waals surface area contributed by atoms with Gasteiger partial charge in [0.1, 0.15) is 0 Å². The number of fused-ring (bicyclic) bond motifs is 5. The molecule has 3 fully saturated rings. The fourth-order valence-electron chi connectivity index (χ4n) is 7.77. The van der Waals surface area contributed by atoms with Crippen LogP contribution in [0.5, 0.6) is 0 Å². The Hall–Kier alpha value is -0.340. The molecule has 0 amide bonds. The Labute approximate surface area is 154 Å². The van der Waals surface area contributed by atoms with E-state index >= 15 is 0 Å². The van der Waals surface area contributed by atoms with Crippen molar-refractivity contribution in [3.63, 3.8) is 0 Å². The lowest BCUT2D eigenvalue weighted by atomic mass is 9.50. The summed E-state index contributed by atoms with van der Waals surface area (Å²) in [4.78, 5) is 0. The molecule has 4 rings (SSSR count). The maximum atomic E-state index is 10.8. The summed E-state index contributed by atoms with van der Waals surface area (Å²) in [5, 5.41) is 20.5. The van der Waals surface area contributed by atoms with E-state index in [9.17, 15) is 10.2 Å². The van der Waals surface area contributed by atoms with Gasteiger partial charge in [0.05, 0.1) is 5.60 Å². The van der Waals surface area contributed by atoms with E-state index in [0.29, 0.717) is 23.9 Å². The topological polar surface area (TPSA) is 40.5 Å². The molecule has 2 N–H and O–H groups in total. The molecular weight excluding hydrogens is 308 g/mol. The second-order valence-electron chi connectivity index (χ2n) is 10.2. The quantitative estimate of drug-likeness (QED) is 0.710. The average molecular weight is 347 g/mol. The smallest absolute Gasteiger partial charge is 0.0682 e. The van der Waals surface area contributed by atoms with Crippen LogP contribution in [0.3, 0.4) is 0 Å². The van der Waals surface area contributed by atoms with Gasteiger partial charge in [-0.25, -0.2) is 0 Å². The largest absolute Gasteiger partial charge is 0.396 e. The molecular formula is C23H38O2. The van der Waals surface area contributed by atoms with E-state index in [4.69, 9.17) is 0 Å². The Bertz CT molecular complexity index is 540. The van der Waals surface area contributed by atoms with Gasteiger partial charge in [0.2, 0.25) is 0 Å². The third-order valence-electron chi connectivity index (χ3n) is 9.30. The van der Waals surface area contributed by atoms with Crippen LogP contribution in [-0.2, 0) is 0 Å². The van der Waals surface area contributed by atoms with Crippen LogP contribution in [0.2, 0.25) is 0 Å². The van der Waals surface area contributed by atoms with Crippen LogP contribution in [0.4, 0.5) is 0 Å². The van der Waals surface area contributed by atoms with Crippen LogP contribution in [0, 0.1) is 40.9 Å². The van der Waals surface area contributed by atoms with Crippen molar-refractivity contribution >= 4 is 0 Å². The molecule has 2 heteroatoms. The first-order valence-corrected chi connectivity index (χ1v) is 10.9. The zero-order valence-electron chi connectivity index (χ0n) is 16.5.